The van der Waals surface area contributed by atoms with Gasteiger partial charge >= 0.3 is 0 Å². The van der Waals surface area contributed by atoms with Gasteiger partial charge in [-0.1, -0.05) is 6.07 Å². The average Bonchev–Trinajstić information content (AvgIpc) is 3.49. The van der Waals surface area contributed by atoms with E-state index < -0.39 is 0 Å². The van der Waals surface area contributed by atoms with E-state index in [1.807, 2.05) is 18.3 Å². The molecule has 1 aliphatic carbocycles. The van der Waals surface area contributed by atoms with Crippen molar-refractivity contribution in [2.45, 2.75) is 57.2 Å². The highest BCUT2D eigenvalue weighted by molar-refractivity contribution is 5.79. The first-order valence-corrected chi connectivity index (χ1v) is 11.6. The van der Waals surface area contributed by atoms with Gasteiger partial charge in [0.1, 0.15) is 5.82 Å². The Hall–Kier alpha value is -2.18. The van der Waals surface area contributed by atoms with E-state index in [1.54, 1.807) is 0 Å². The Bertz CT molecular complexity index is 830. The number of hydrogen-bond donors (Lipinski definition) is 1. The summed E-state index contributed by atoms with van der Waals surface area (Å²) < 4.78 is 2.20. The third kappa shape index (κ3) is 4.60. The van der Waals surface area contributed by atoms with Gasteiger partial charge in [-0.3, -0.25) is 9.69 Å². The van der Waals surface area contributed by atoms with Gasteiger partial charge in [0, 0.05) is 55.7 Å². The standard InChI is InChI=1S/C24H33N5O/c30-24(26-20-6-7-20)19-8-16-28(17-9-19)21-10-14-27(15-11-21)18-22-4-3-13-29(22)23-5-1-2-12-25-23/h1-5,12-13,19-21H,6-11,14-18H2,(H,26,30). The van der Waals surface area contributed by atoms with E-state index in [0.29, 0.717) is 18.0 Å². The molecule has 160 valence electrons. The summed E-state index contributed by atoms with van der Waals surface area (Å²) in [5.74, 6) is 1.53. The molecule has 3 fully saturated rings. The van der Waals surface area contributed by atoms with Crippen LogP contribution in [0.15, 0.2) is 42.7 Å². The number of carbonyl (C=O) groups excluding carboxylic acids is 1. The number of pyridine rings is 1. The molecule has 0 unspecified atom stereocenters. The lowest BCUT2D eigenvalue weighted by molar-refractivity contribution is -0.126. The Morgan fingerprint density at radius 1 is 0.967 bits per heavy atom. The largest absolute Gasteiger partial charge is 0.353 e. The Morgan fingerprint density at radius 3 is 2.47 bits per heavy atom. The van der Waals surface area contributed by atoms with Gasteiger partial charge in [-0.05, 0) is 75.9 Å². The molecule has 4 heterocycles. The highest BCUT2D eigenvalue weighted by Gasteiger charge is 2.32. The van der Waals surface area contributed by atoms with E-state index in [4.69, 9.17) is 0 Å². The SMILES string of the molecule is O=C(NC1CC1)C1CCN(C2CCN(Cc3cccn3-c3ccccn3)CC2)CC1. The summed E-state index contributed by atoms with van der Waals surface area (Å²) >= 11 is 0. The number of carbonyl (C=O) groups is 1. The molecule has 0 aromatic carbocycles. The first kappa shape index (κ1) is 19.8. The van der Waals surface area contributed by atoms with Gasteiger partial charge in [0.15, 0.2) is 0 Å². The van der Waals surface area contributed by atoms with E-state index in [-0.39, 0.29) is 5.92 Å². The smallest absolute Gasteiger partial charge is 0.223 e. The highest BCUT2D eigenvalue weighted by atomic mass is 16.2. The van der Waals surface area contributed by atoms with E-state index in [2.05, 4.69) is 49.1 Å². The van der Waals surface area contributed by atoms with Crippen molar-refractivity contribution in [3.05, 3.63) is 48.4 Å². The van der Waals surface area contributed by atoms with Crippen LogP contribution in [-0.2, 0) is 11.3 Å². The zero-order valence-corrected chi connectivity index (χ0v) is 17.7. The molecule has 0 spiro atoms. The van der Waals surface area contributed by atoms with E-state index in [1.165, 1.54) is 31.4 Å². The van der Waals surface area contributed by atoms with Crippen molar-refractivity contribution in [3.8, 4) is 5.82 Å². The predicted octanol–water partition coefficient (Wildman–Crippen LogP) is 2.83. The molecule has 6 heteroatoms. The number of aromatic nitrogens is 2. The summed E-state index contributed by atoms with van der Waals surface area (Å²) in [5.41, 5.74) is 1.30. The second kappa shape index (κ2) is 8.90. The summed E-state index contributed by atoms with van der Waals surface area (Å²) in [6, 6.07) is 11.5. The van der Waals surface area contributed by atoms with Crippen molar-refractivity contribution in [3.63, 3.8) is 0 Å². The molecule has 1 N–H and O–H groups in total. The van der Waals surface area contributed by atoms with Gasteiger partial charge in [-0.2, -0.15) is 0 Å². The number of piperidine rings is 2. The van der Waals surface area contributed by atoms with Crippen molar-refractivity contribution in [2.75, 3.05) is 26.2 Å². The predicted molar refractivity (Wildman–Crippen MR) is 117 cm³/mol. The lowest BCUT2D eigenvalue weighted by atomic mass is 9.92. The third-order valence-electron chi connectivity index (χ3n) is 7.01. The first-order chi connectivity index (χ1) is 14.8. The molecular formula is C24H33N5O. The van der Waals surface area contributed by atoms with Gasteiger partial charge in [0.2, 0.25) is 5.91 Å². The molecule has 2 saturated heterocycles. The van der Waals surface area contributed by atoms with Crippen LogP contribution in [0.1, 0.15) is 44.2 Å². The second-order valence-electron chi connectivity index (χ2n) is 9.16. The van der Waals surface area contributed by atoms with Gasteiger partial charge in [0.25, 0.3) is 0 Å². The summed E-state index contributed by atoms with van der Waals surface area (Å²) in [7, 11) is 0. The number of nitrogens with zero attached hydrogens (tertiary/aromatic N) is 4. The maximum atomic E-state index is 12.3. The van der Waals surface area contributed by atoms with Crippen LogP contribution < -0.4 is 5.32 Å². The fraction of sp³-hybridized carbons (Fsp3) is 0.583. The fourth-order valence-electron chi connectivity index (χ4n) is 5.01. The van der Waals surface area contributed by atoms with Crippen LogP contribution in [0.2, 0.25) is 0 Å². The molecule has 2 aliphatic heterocycles. The highest BCUT2D eigenvalue weighted by Crippen LogP contribution is 2.26. The van der Waals surface area contributed by atoms with Gasteiger partial charge in [-0.15, -0.1) is 0 Å². The summed E-state index contributed by atoms with van der Waals surface area (Å²) in [6.45, 7) is 5.41. The fourth-order valence-corrected chi connectivity index (χ4v) is 5.01. The molecule has 3 aliphatic rings. The van der Waals surface area contributed by atoms with Gasteiger partial charge in [-0.25, -0.2) is 4.98 Å². The number of hydrogen-bond acceptors (Lipinski definition) is 4. The monoisotopic (exact) mass is 407 g/mol. The summed E-state index contributed by atoms with van der Waals surface area (Å²) in [4.78, 5) is 22.0. The van der Waals surface area contributed by atoms with Crippen LogP contribution in [0.25, 0.3) is 5.82 Å². The van der Waals surface area contributed by atoms with Gasteiger partial charge < -0.3 is 14.8 Å². The van der Waals surface area contributed by atoms with Crippen molar-refractivity contribution < 1.29 is 4.79 Å². The molecule has 0 atom stereocenters. The van der Waals surface area contributed by atoms with Crippen molar-refractivity contribution >= 4 is 5.91 Å². The summed E-state index contributed by atoms with van der Waals surface area (Å²) in [6.07, 6.45) is 10.8. The minimum atomic E-state index is 0.237. The van der Waals surface area contributed by atoms with Crippen molar-refractivity contribution in [1.29, 1.82) is 0 Å². The molecule has 6 nitrogen and oxygen atoms in total. The maximum absolute atomic E-state index is 12.3. The molecule has 1 saturated carbocycles. The molecule has 1 amide bonds. The molecule has 2 aromatic rings. The van der Waals surface area contributed by atoms with E-state index >= 15 is 0 Å². The van der Waals surface area contributed by atoms with E-state index in [9.17, 15) is 4.79 Å². The van der Waals surface area contributed by atoms with Crippen LogP contribution in [0, 0.1) is 5.92 Å². The normalized spacial score (nSPS) is 22.3. The minimum absolute atomic E-state index is 0.237. The quantitative estimate of drug-likeness (QED) is 0.800. The number of rotatable bonds is 6. The molecule has 2 aromatic heterocycles. The Morgan fingerprint density at radius 2 is 1.77 bits per heavy atom. The Balaban J connectivity index is 1.09. The van der Waals surface area contributed by atoms with Crippen LogP contribution in [0.4, 0.5) is 0 Å². The molecular weight excluding hydrogens is 374 g/mol. The first-order valence-electron chi connectivity index (χ1n) is 11.6. The van der Waals surface area contributed by atoms with Crippen LogP contribution in [0.5, 0.6) is 0 Å². The Labute approximate surface area is 179 Å². The van der Waals surface area contributed by atoms with Crippen molar-refractivity contribution in [2.24, 2.45) is 5.92 Å². The summed E-state index contributed by atoms with van der Waals surface area (Å²) in [5, 5.41) is 3.19. The number of nitrogens with one attached hydrogen (secondary N) is 1. The van der Waals surface area contributed by atoms with Crippen molar-refractivity contribution in [1.82, 2.24) is 24.7 Å². The van der Waals surface area contributed by atoms with Gasteiger partial charge in [0.05, 0.1) is 0 Å². The molecule has 30 heavy (non-hydrogen) atoms. The third-order valence-corrected chi connectivity index (χ3v) is 7.01. The lowest BCUT2D eigenvalue weighted by Gasteiger charge is -2.41. The number of amides is 1. The molecule has 0 bridgehead atoms. The Kier molecular flexibility index (Phi) is 5.86. The number of likely N-dealkylation sites (tertiary alicyclic amines) is 2. The lowest BCUT2D eigenvalue weighted by Crippen LogP contribution is -2.49. The van der Waals surface area contributed by atoms with E-state index in [0.717, 1.165) is 51.4 Å². The maximum Gasteiger partial charge on any atom is 0.223 e. The minimum Gasteiger partial charge on any atom is -0.353 e. The molecule has 0 radical (unpaired) electrons. The zero-order chi connectivity index (χ0) is 20.3. The zero-order valence-electron chi connectivity index (χ0n) is 17.7. The van der Waals surface area contributed by atoms with Crippen LogP contribution >= 0.6 is 0 Å². The second-order valence-corrected chi connectivity index (χ2v) is 9.16. The van der Waals surface area contributed by atoms with Crippen LogP contribution in [0.3, 0.4) is 0 Å². The topological polar surface area (TPSA) is 53.4 Å². The van der Waals surface area contributed by atoms with Crippen LogP contribution in [-0.4, -0.2) is 63.5 Å². The average molecular weight is 408 g/mol. The molecule has 5 rings (SSSR count).